The maximum Gasteiger partial charge on any atom is 0.133 e. The van der Waals surface area contributed by atoms with Crippen LogP contribution in [0.3, 0.4) is 0 Å². The van der Waals surface area contributed by atoms with Gasteiger partial charge in [0.1, 0.15) is 11.5 Å². The van der Waals surface area contributed by atoms with Crippen molar-refractivity contribution in [1.29, 1.82) is 0 Å². The van der Waals surface area contributed by atoms with Crippen molar-refractivity contribution in [3.05, 3.63) is 22.7 Å². The summed E-state index contributed by atoms with van der Waals surface area (Å²) in [7, 11) is 1.67. The van der Waals surface area contributed by atoms with Crippen LogP contribution in [-0.4, -0.2) is 19.0 Å². The number of methoxy groups -OCH3 is 1. The molecule has 1 aromatic rings. The summed E-state index contributed by atoms with van der Waals surface area (Å²) in [5, 5.41) is 1.02. The Balaban J connectivity index is 2.02. The lowest BCUT2D eigenvalue weighted by atomic mass is 9.83. The molecule has 2 rings (SSSR count). The standard InChI is InChI=1S/C16H22Br2O2/c1-19-13-6-7-15(14(18)10-13)20-12-16(11-17)8-4-2-3-5-9-16/h6-7,10H,2-5,8-9,11-12H2,1H3. The average Bonchev–Trinajstić information content (AvgIpc) is 2.72. The smallest absolute Gasteiger partial charge is 0.133 e. The van der Waals surface area contributed by atoms with Crippen LogP contribution in [0.2, 0.25) is 0 Å². The number of halogens is 2. The second kappa shape index (κ2) is 7.69. The third kappa shape index (κ3) is 4.14. The van der Waals surface area contributed by atoms with E-state index in [2.05, 4.69) is 31.9 Å². The van der Waals surface area contributed by atoms with Gasteiger partial charge in [0.05, 0.1) is 18.2 Å². The van der Waals surface area contributed by atoms with Crippen LogP contribution >= 0.6 is 31.9 Å². The summed E-state index contributed by atoms with van der Waals surface area (Å²) < 4.78 is 12.3. The molecule has 112 valence electrons. The molecular formula is C16H22Br2O2. The zero-order valence-electron chi connectivity index (χ0n) is 12.0. The highest BCUT2D eigenvalue weighted by atomic mass is 79.9. The number of benzene rings is 1. The van der Waals surface area contributed by atoms with Crippen LogP contribution in [0.1, 0.15) is 38.5 Å². The Kier molecular flexibility index (Phi) is 6.21. The van der Waals surface area contributed by atoms with E-state index in [1.807, 2.05) is 18.2 Å². The van der Waals surface area contributed by atoms with Crippen molar-refractivity contribution in [1.82, 2.24) is 0 Å². The van der Waals surface area contributed by atoms with Crippen molar-refractivity contribution < 1.29 is 9.47 Å². The van der Waals surface area contributed by atoms with E-state index in [4.69, 9.17) is 9.47 Å². The number of alkyl halides is 1. The SMILES string of the molecule is COc1ccc(OCC2(CBr)CCCCCC2)c(Br)c1. The Morgan fingerprint density at radius 1 is 1.15 bits per heavy atom. The Morgan fingerprint density at radius 3 is 2.40 bits per heavy atom. The van der Waals surface area contributed by atoms with Crippen LogP contribution in [-0.2, 0) is 0 Å². The fourth-order valence-corrected chi connectivity index (χ4v) is 3.95. The van der Waals surface area contributed by atoms with Gasteiger partial charge >= 0.3 is 0 Å². The van der Waals surface area contributed by atoms with Crippen molar-refractivity contribution in [2.24, 2.45) is 5.41 Å². The summed E-state index contributed by atoms with van der Waals surface area (Å²) in [6.07, 6.45) is 7.87. The molecular weight excluding hydrogens is 384 g/mol. The van der Waals surface area contributed by atoms with E-state index in [-0.39, 0.29) is 5.41 Å². The molecule has 0 radical (unpaired) electrons. The molecule has 1 aliphatic rings. The average molecular weight is 406 g/mol. The zero-order valence-corrected chi connectivity index (χ0v) is 15.1. The fraction of sp³-hybridized carbons (Fsp3) is 0.625. The Morgan fingerprint density at radius 2 is 1.85 bits per heavy atom. The fourth-order valence-electron chi connectivity index (χ4n) is 2.75. The third-order valence-corrected chi connectivity index (χ3v) is 5.93. The number of ether oxygens (including phenoxy) is 2. The van der Waals surface area contributed by atoms with Gasteiger partial charge in [0.25, 0.3) is 0 Å². The summed E-state index contributed by atoms with van der Waals surface area (Å²) in [4.78, 5) is 0. The lowest BCUT2D eigenvalue weighted by Gasteiger charge is -2.30. The molecule has 0 unspecified atom stereocenters. The van der Waals surface area contributed by atoms with Crippen molar-refractivity contribution in [3.8, 4) is 11.5 Å². The number of hydrogen-bond acceptors (Lipinski definition) is 2. The van der Waals surface area contributed by atoms with Crippen molar-refractivity contribution in [2.45, 2.75) is 38.5 Å². The summed E-state index contributed by atoms with van der Waals surface area (Å²) in [5.74, 6) is 1.74. The van der Waals surface area contributed by atoms with E-state index in [9.17, 15) is 0 Å². The second-order valence-electron chi connectivity index (χ2n) is 5.63. The molecule has 0 saturated heterocycles. The molecule has 20 heavy (non-hydrogen) atoms. The van der Waals surface area contributed by atoms with E-state index >= 15 is 0 Å². The summed E-state index contributed by atoms with van der Waals surface area (Å²) >= 11 is 7.26. The monoisotopic (exact) mass is 404 g/mol. The zero-order chi connectivity index (χ0) is 14.4. The summed E-state index contributed by atoms with van der Waals surface area (Å²) in [6.45, 7) is 0.781. The van der Waals surface area contributed by atoms with Gasteiger partial charge in [-0.2, -0.15) is 0 Å². The van der Waals surface area contributed by atoms with Gasteiger partial charge in [0, 0.05) is 10.7 Å². The minimum Gasteiger partial charge on any atom is -0.497 e. The van der Waals surface area contributed by atoms with Gasteiger partial charge < -0.3 is 9.47 Å². The first-order chi connectivity index (χ1) is 9.69. The predicted octanol–water partition coefficient (Wildman–Crippen LogP) is 5.57. The van der Waals surface area contributed by atoms with Crippen LogP contribution in [0.25, 0.3) is 0 Å². The molecule has 0 spiro atoms. The van der Waals surface area contributed by atoms with E-state index in [0.29, 0.717) is 0 Å². The van der Waals surface area contributed by atoms with Gasteiger partial charge in [-0.05, 0) is 47.0 Å². The van der Waals surface area contributed by atoms with Gasteiger partial charge in [-0.15, -0.1) is 0 Å². The molecule has 1 saturated carbocycles. The van der Waals surface area contributed by atoms with Crippen molar-refractivity contribution in [3.63, 3.8) is 0 Å². The maximum atomic E-state index is 6.09. The number of hydrogen-bond donors (Lipinski definition) is 0. The highest BCUT2D eigenvalue weighted by molar-refractivity contribution is 9.10. The summed E-state index contributed by atoms with van der Waals surface area (Å²) in [6, 6.07) is 5.86. The van der Waals surface area contributed by atoms with Crippen LogP contribution in [0.5, 0.6) is 11.5 Å². The molecule has 0 heterocycles. The second-order valence-corrected chi connectivity index (χ2v) is 7.05. The van der Waals surface area contributed by atoms with Crippen LogP contribution in [0.4, 0.5) is 0 Å². The predicted molar refractivity (Wildman–Crippen MR) is 90.1 cm³/mol. The van der Waals surface area contributed by atoms with Crippen molar-refractivity contribution >= 4 is 31.9 Å². The minimum absolute atomic E-state index is 0.288. The van der Waals surface area contributed by atoms with Gasteiger partial charge in [-0.3, -0.25) is 0 Å². The molecule has 0 bridgehead atoms. The van der Waals surface area contributed by atoms with Crippen LogP contribution < -0.4 is 9.47 Å². The molecule has 0 N–H and O–H groups in total. The molecule has 0 aliphatic heterocycles. The van der Waals surface area contributed by atoms with Crippen LogP contribution in [0.15, 0.2) is 22.7 Å². The highest BCUT2D eigenvalue weighted by Gasteiger charge is 2.31. The Hall–Kier alpha value is -0.220. The maximum absolute atomic E-state index is 6.09. The Labute approximate surface area is 138 Å². The molecule has 1 aliphatic carbocycles. The highest BCUT2D eigenvalue weighted by Crippen LogP contribution is 2.38. The van der Waals surface area contributed by atoms with Gasteiger partial charge in [0.2, 0.25) is 0 Å². The normalized spacial score (nSPS) is 18.4. The van der Waals surface area contributed by atoms with E-state index < -0.39 is 0 Å². The van der Waals surface area contributed by atoms with Gasteiger partial charge in [0.15, 0.2) is 0 Å². The molecule has 2 nitrogen and oxygen atoms in total. The first-order valence-corrected chi connectivity index (χ1v) is 9.13. The lowest BCUT2D eigenvalue weighted by molar-refractivity contribution is 0.148. The number of rotatable bonds is 5. The molecule has 0 atom stereocenters. The molecule has 0 aromatic heterocycles. The molecule has 1 aromatic carbocycles. The Bertz CT molecular complexity index is 426. The summed E-state index contributed by atoms with van der Waals surface area (Å²) in [5.41, 5.74) is 0.288. The van der Waals surface area contributed by atoms with Gasteiger partial charge in [-0.25, -0.2) is 0 Å². The molecule has 0 amide bonds. The topological polar surface area (TPSA) is 18.5 Å². The first kappa shape index (κ1) is 16.2. The quantitative estimate of drug-likeness (QED) is 0.470. The van der Waals surface area contributed by atoms with E-state index in [1.165, 1.54) is 38.5 Å². The van der Waals surface area contributed by atoms with Gasteiger partial charge in [-0.1, -0.05) is 41.6 Å². The largest absolute Gasteiger partial charge is 0.497 e. The minimum atomic E-state index is 0.288. The van der Waals surface area contributed by atoms with Crippen LogP contribution in [0, 0.1) is 5.41 Å². The first-order valence-electron chi connectivity index (χ1n) is 7.21. The van der Waals surface area contributed by atoms with E-state index in [0.717, 1.165) is 27.9 Å². The molecule has 1 fully saturated rings. The third-order valence-electron chi connectivity index (χ3n) is 4.12. The molecule has 4 heteroatoms. The van der Waals surface area contributed by atoms with E-state index in [1.54, 1.807) is 7.11 Å². The lowest BCUT2D eigenvalue weighted by Crippen LogP contribution is -2.30. The van der Waals surface area contributed by atoms with Crippen molar-refractivity contribution in [2.75, 3.05) is 19.0 Å².